The van der Waals surface area contributed by atoms with Crippen molar-refractivity contribution in [2.75, 3.05) is 31.2 Å². The monoisotopic (exact) mass is 514 g/mol. The molecule has 0 saturated carbocycles. The van der Waals surface area contributed by atoms with Gasteiger partial charge < -0.3 is 20.6 Å². The minimum Gasteiger partial charge on any atom is -0.465 e. The number of hydrogen-bond donors (Lipinski definition) is 3. The third-order valence-electron chi connectivity index (χ3n) is 5.94. The largest absolute Gasteiger partial charge is 0.465 e. The Hall–Kier alpha value is -3.18. The van der Waals surface area contributed by atoms with Crippen LogP contribution >= 0.6 is 23.5 Å². The van der Waals surface area contributed by atoms with Gasteiger partial charge in [0.15, 0.2) is 0 Å². The molecule has 11 heteroatoms. The van der Waals surface area contributed by atoms with Crippen LogP contribution in [0.15, 0.2) is 47.4 Å². The second-order valence-electron chi connectivity index (χ2n) is 8.17. The van der Waals surface area contributed by atoms with E-state index < -0.39 is 23.8 Å². The molecule has 0 aromatic heterocycles. The third kappa shape index (κ3) is 5.91. The van der Waals surface area contributed by atoms with Crippen LogP contribution in [0, 0.1) is 0 Å². The molecular formula is C24H26N4O5S2. The van der Waals surface area contributed by atoms with Crippen molar-refractivity contribution >= 4 is 52.5 Å². The van der Waals surface area contributed by atoms with Crippen LogP contribution in [0.25, 0.3) is 0 Å². The van der Waals surface area contributed by atoms with Crippen LogP contribution in [0.5, 0.6) is 0 Å². The standard InChI is InChI=1S/C24H26N4O5S2/c1-25-22(30)26-17-7-8-18-15(12-17)6-9-20(18)35-24(33)28(23(31)32)14-21(29)27-10-11-34-19-5-3-2-4-16(19)13-27/h2-5,7-8,12,20H,6,9-11,13-14H2,1H3,(H,31,32)(H2,25,26,30). The summed E-state index contributed by atoms with van der Waals surface area (Å²) in [6.45, 7) is 0.358. The Balaban J connectivity index is 1.41. The molecule has 184 valence electrons. The van der Waals surface area contributed by atoms with Crippen LogP contribution in [0.3, 0.4) is 0 Å². The Kier molecular flexibility index (Phi) is 7.86. The molecule has 0 radical (unpaired) electrons. The predicted octanol–water partition coefficient (Wildman–Crippen LogP) is 4.39. The van der Waals surface area contributed by atoms with Gasteiger partial charge in [0.25, 0.3) is 5.24 Å². The van der Waals surface area contributed by atoms with E-state index in [1.807, 2.05) is 36.4 Å². The van der Waals surface area contributed by atoms with E-state index in [9.17, 15) is 24.3 Å². The Bertz CT molecular complexity index is 1160. The quantitative estimate of drug-likeness (QED) is 0.554. The molecule has 3 N–H and O–H groups in total. The van der Waals surface area contributed by atoms with Crippen molar-refractivity contribution in [2.45, 2.75) is 29.5 Å². The van der Waals surface area contributed by atoms with Crippen molar-refractivity contribution in [3.05, 3.63) is 59.2 Å². The molecule has 1 aliphatic heterocycles. The first-order valence-electron chi connectivity index (χ1n) is 11.2. The first-order chi connectivity index (χ1) is 16.9. The SMILES string of the molecule is CNC(=O)Nc1ccc2c(c1)CCC2SC(=O)N(CC(=O)N1CCSc2ccccc2C1)C(=O)O. The van der Waals surface area contributed by atoms with Crippen LogP contribution in [0.2, 0.25) is 0 Å². The molecule has 0 bridgehead atoms. The molecule has 2 aromatic carbocycles. The number of amides is 5. The summed E-state index contributed by atoms with van der Waals surface area (Å²) in [5.74, 6) is 0.309. The Morgan fingerprint density at radius 1 is 1.17 bits per heavy atom. The Morgan fingerprint density at radius 2 is 1.97 bits per heavy atom. The van der Waals surface area contributed by atoms with E-state index in [1.54, 1.807) is 22.7 Å². The smallest absolute Gasteiger partial charge is 0.415 e. The van der Waals surface area contributed by atoms with Gasteiger partial charge in [-0.2, -0.15) is 0 Å². The van der Waals surface area contributed by atoms with Gasteiger partial charge in [0.05, 0.1) is 0 Å². The fourth-order valence-corrected chi connectivity index (χ4v) is 6.27. The number of carbonyl (C=O) groups excluding carboxylic acids is 3. The second kappa shape index (κ2) is 11.0. The van der Waals surface area contributed by atoms with Crippen LogP contribution in [0.1, 0.15) is 28.4 Å². The topological polar surface area (TPSA) is 119 Å². The van der Waals surface area contributed by atoms with Gasteiger partial charge >= 0.3 is 12.1 Å². The molecule has 0 spiro atoms. The highest BCUT2D eigenvalue weighted by atomic mass is 32.2. The number of urea groups is 1. The van der Waals surface area contributed by atoms with Gasteiger partial charge in [-0.05, 0) is 47.7 Å². The normalized spacial score (nSPS) is 16.5. The summed E-state index contributed by atoms with van der Waals surface area (Å²) in [5.41, 5.74) is 3.60. The highest BCUT2D eigenvalue weighted by Gasteiger charge is 2.32. The maximum absolute atomic E-state index is 13.0. The number of nitrogens with zero attached hydrogens (tertiary/aromatic N) is 2. The zero-order valence-corrected chi connectivity index (χ0v) is 20.8. The van der Waals surface area contributed by atoms with Gasteiger partial charge in [-0.3, -0.25) is 9.59 Å². The first kappa shape index (κ1) is 24.9. The van der Waals surface area contributed by atoms with Crippen LogP contribution < -0.4 is 10.6 Å². The fourth-order valence-electron chi connectivity index (χ4n) is 4.14. The molecule has 1 unspecified atom stereocenters. The van der Waals surface area contributed by atoms with E-state index in [0.29, 0.717) is 42.3 Å². The molecule has 35 heavy (non-hydrogen) atoms. The second-order valence-corrected chi connectivity index (χ2v) is 10.5. The molecule has 2 aliphatic rings. The number of aryl methyl sites for hydroxylation is 1. The number of anilines is 1. The number of hydrogen-bond acceptors (Lipinski definition) is 6. The van der Waals surface area contributed by atoms with Gasteiger partial charge in [-0.1, -0.05) is 36.0 Å². The van der Waals surface area contributed by atoms with Crippen LogP contribution in [0.4, 0.5) is 20.1 Å². The summed E-state index contributed by atoms with van der Waals surface area (Å²) in [4.78, 5) is 52.7. The minimum atomic E-state index is -1.44. The molecule has 4 rings (SSSR count). The van der Waals surface area contributed by atoms with Crippen molar-refractivity contribution in [2.24, 2.45) is 0 Å². The lowest BCUT2D eigenvalue weighted by atomic mass is 10.1. The van der Waals surface area contributed by atoms with Crippen molar-refractivity contribution in [1.29, 1.82) is 0 Å². The molecular weight excluding hydrogens is 488 g/mol. The molecule has 0 saturated heterocycles. The van der Waals surface area contributed by atoms with Crippen LogP contribution in [-0.2, 0) is 17.8 Å². The van der Waals surface area contributed by atoms with Crippen molar-refractivity contribution < 1.29 is 24.3 Å². The van der Waals surface area contributed by atoms with Gasteiger partial charge in [-0.25, -0.2) is 14.5 Å². The number of rotatable bonds is 4. The van der Waals surface area contributed by atoms with Gasteiger partial charge in [0, 0.05) is 41.7 Å². The molecule has 1 aliphatic carbocycles. The van der Waals surface area contributed by atoms with Gasteiger partial charge in [0.1, 0.15) is 6.54 Å². The third-order valence-corrected chi connectivity index (χ3v) is 8.24. The number of imide groups is 1. The fraction of sp³-hybridized carbons (Fsp3) is 0.333. The predicted molar refractivity (Wildman–Crippen MR) is 136 cm³/mol. The Labute approximate surface area is 211 Å². The van der Waals surface area contributed by atoms with Crippen LogP contribution in [-0.4, -0.2) is 64.1 Å². The summed E-state index contributed by atoms with van der Waals surface area (Å²) in [7, 11) is 1.53. The van der Waals surface area contributed by atoms with E-state index in [1.165, 1.54) is 7.05 Å². The summed E-state index contributed by atoms with van der Waals surface area (Å²) in [6, 6.07) is 13.0. The van der Waals surface area contributed by atoms with E-state index in [0.717, 1.165) is 33.3 Å². The number of fused-ring (bicyclic) bond motifs is 2. The molecule has 2 aromatic rings. The number of carboxylic acid groups (broad SMARTS) is 1. The zero-order chi connectivity index (χ0) is 24.9. The summed E-state index contributed by atoms with van der Waals surface area (Å²) in [5, 5.41) is 14.0. The van der Waals surface area contributed by atoms with E-state index in [4.69, 9.17) is 0 Å². The maximum Gasteiger partial charge on any atom is 0.415 e. The highest BCUT2D eigenvalue weighted by molar-refractivity contribution is 8.13. The molecule has 1 heterocycles. The molecule has 9 nitrogen and oxygen atoms in total. The molecule has 0 fully saturated rings. The number of nitrogens with one attached hydrogen (secondary N) is 2. The molecule has 5 amide bonds. The number of thioether (sulfide) groups is 2. The van der Waals surface area contributed by atoms with E-state index >= 15 is 0 Å². The summed E-state index contributed by atoms with van der Waals surface area (Å²) < 4.78 is 0. The van der Waals surface area contributed by atoms with Crippen molar-refractivity contribution in [1.82, 2.24) is 15.1 Å². The lowest BCUT2D eigenvalue weighted by Crippen LogP contribution is -2.44. The zero-order valence-electron chi connectivity index (χ0n) is 19.2. The minimum absolute atomic E-state index is 0.218. The van der Waals surface area contributed by atoms with Gasteiger partial charge in [-0.15, -0.1) is 11.8 Å². The van der Waals surface area contributed by atoms with Gasteiger partial charge in [0.2, 0.25) is 5.91 Å². The van der Waals surface area contributed by atoms with E-state index in [2.05, 4.69) is 10.6 Å². The summed E-state index contributed by atoms with van der Waals surface area (Å²) >= 11 is 2.58. The van der Waals surface area contributed by atoms with Crippen molar-refractivity contribution in [3.63, 3.8) is 0 Å². The molecule has 1 atom stereocenters. The summed E-state index contributed by atoms with van der Waals surface area (Å²) in [6.07, 6.45) is -0.0688. The maximum atomic E-state index is 13.0. The number of benzene rings is 2. The number of carbonyl (C=O) groups is 4. The average Bonchev–Trinajstić information content (AvgIpc) is 3.09. The van der Waals surface area contributed by atoms with E-state index in [-0.39, 0.29) is 11.3 Å². The lowest BCUT2D eigenvalue weighted by Gasteiger charge is -2.24. The van der Waals surface area contributed by atoms with Crippen molar-refractivity contribution in [3.8, 4) is 0 Å². The average molecular weight is 515 g/mol. The highest BCUT2D eigenvalue weighted by Crippen LogP contribution is 2.43. The first-order valence-corrected chi connectivity index (χ1v) is 13.0. The lowest BCUT2D eigenvalue weighted by molar-refractivity contribution is -0.131. The Morgan fingerprint density at radius 3 is 2.74 bits per heavy atom.